The van der Waals surface area contributed by atoms with Crippen molar-refractivity contribution in [2.75, 3.05) is 38.1 Å². The number of carbonyl (C=O) groups is 1. The molecule has 1 fully saturated rings. The molecular formula is C21H26N4O. The molecular weight excluding hydrogens is 324 g/mol. The van der Waals surface area contributed by atoms with Crippen LogP contribution in [0.4, 0.5) is 5.82 Å². The molecule has 0 unspecified atom stereocenters. The Morgan fingerprint density at radius 2 is 1.88 bits per heavy atom. The molecule has 26 heavy (non-hydrogen) atoms. The van der Waals surface area contributed by atoms with Crippen LogP contribution in [-0.2, 0) is 19.4 Å². The number of anilines is 1. The minimum atomic E-state index is -0.0113. The minimum Gasteiger partial charge on any atom is -0.354 e. The summed E-state index contributed by atoms with van der Waals surface area (Å²) >= 11 is 0. The number of hydrogen-bond donors (Lipinski definition) is 1. The van der Waals surface area contributed by atoms with E-state index in [0.717, 1.165) is 56.0 Å². The number of carbonyl (C=O) groups excluding carboxylic acids is 1. The molecule has 4 rings (SSSR count). The Balaban J connectivity index is 1.33. The van der Waals surface area contributed by atoms with Crippen molar-refractivity contribution in [1.29, 1.82) is 0 Å². The van der Waals surface area contributed by atoms with Crippen LogP contribution in [0.1, 0.15) is 33.5 Å². The zero-order valence-electron chi connectivity index (χ0n) is 15.4. The van der Waals surface area contributed by atoms with Gasteiger partial charge in [0.15, 0.2) is 0 Å². The first-order chi connectivity index (χ1) is 12.7. The predicted octanol–water partition coefficient (Wildman–Crippen LogP) is 2.25. The van der Waals surface area contributed by atoms with E-state index in [1.165, 1.54) is 17.5 Å². The molecule has 0 radical (unpaired) electrons. The molecule has 5 nitrogen and oxygen atoms in total. The Hall–Kier alpha value is -2.40. The SMILES string of the molecule is CN1CCN(c2ccc(CNC(=O)c3ccc4c(c3)CCC4)cn2)CC1. The predicted molar refractivity (Wildman–Crippen MR) is 104 cm³/mol. The molecule has 0 saturated carbocycles. The fraction of sp³-hybridized carbons (Fsp3) is 0.429. The van der Waals surface area contributed by atoms with Crippen molar-refractivity contribution in [1.82, 2.24) is 15.2 Å². The van der Waals surface area contributed by atoms with Gasteiger partial charge in [0.05, 0.1) is 0 Å². The highest BCUT2D eigenvalue weighted by atomic mass is 16.1. The maximum atomic E-state index is 12.4. The minimum absolute atomic E-state index is 0.0113. The van der Waals surface area contributed by atoms with Crippen molar-refractivity contribution in [3.8, 4) is 0 Å². The summed E-state index contributed by atoms with van der Waals surface area (Å²) in [6.45, 7) is 4.67. The van der Waals surface area contributed by atoms with Gasteiger partial charge in [0.25, 0.3) is 5.91 Å². The van der Waals surface area contributed by atoms with Gasteiger partial charge in [-0.05, 0) is 61.2 Å². The number of aromatic nitrogens is 1. The Morgan fingerprint density at radius 3 is 2.65 bits per heavy atom. The Kier molecular flexibility index (Phi) is 4.89. The van der Waals surface area contributed by atoms with Crippen molar-refractivity contribution in [3.05, 3.63) is 58.8 Å². The number of pyridine rings is 1. The molecule has 0 bridgehead atoms. The summed E-state index contributed by atoms with van der Waals surface area (Å²) in [7, 11) is 2.15. The molecule has 5 heteroatoms. The summed E-state index contributed by atoms with van der Waals surface area (Å²) in [6, 6.07) is 10.2. The number of nitrogens with zero attached hydrogens (tertiary/aromatic N) is 3. The van der Waals surface area contributed by atoms with Gasteiger partial charge in [-0.2, -0.15) is 0 Å². The second-order valence-electron chi connectivity index (χ2n) is 7.33. The molecule has 1 aromatic carbocycles. The molecule has 2 aliphatic rings. The lowest BCUT2D eigenvalue weighted by Crippen LogP contribution is -2.44. The summed E-state index contributed by atoms with van der Waals surface area (Å²) in [6.07, 6.45) is 5.30. The summed E-state index contributed by atoms with van der Waals surface area (Å²) in [5, 5.41) is 3.01. The Bertz CT molecular complexity index is 779. The first-order valence-electron chi connectivity index (χ1n) is 9.47. The quantitative estimate of drug-likeness (QED) is 0.919. The van der Waals surface area contributed by atoms with Crippen LogP contribution in [0.2, 0.25) is 0 Å². The van der Waals surface area contributed by atoms with Crippen LogP contribution < -0.4 is 10.2 Å². The van der Waals surface area contributed by atoms with Gasteiger partial charge in [0.2, 0.25) is 0 Å². The molecule has 2 heterocycles. The summed E-state index contributed by atoms with van der Waals surface area (Å²) in [4.78, 5) is 21.6. The Morgan fingerprint density at radius 1 is 1.08 bits per heavy atom. The molecule has 1 amide bonds. The van der Waals surface area contributed by atoms with Crippen LogP contribution in [0, 0.1) is 0 Å². The summed E-state index contributed by atoms with van der Waals surface area (Å²) in [5.41, 5.74) is 4.51. The van der Waals surface area contributed by atoms with Gasteiger partial charge in [0, 0.05) is 44.5 Å². The smallest absolute Gasteiger partial charge is 0.251 e. The van der Waals surface area contributed by atoms with Gasteiger partial charge in [-0.1, -0.05) is 12.1 Å². The van der Waals surface area contributed by atoms with Crippen LogP contribution in [0.25, 0.3) is 0 Å². The first kappa shape index (κ1) is 17.0. The number of amides is 1. The fourth-order valence-electron chi connectivity index (χ4n) is 3.74. The van der Waals surface area contributed by atoms with Crippen molar-refractivity contribution >= 4 is 11.7 Å². The van der Waals surface area contributed by atoms with Gasteiger partial charge >= 0.3 is 0 Å². The van der Waals surface area contributed by atoms with E-state index in [9.17, 15) is 4.79 Å². The number of aryl methyl sites for hydroxylation is 2. The molecule has 1 N–H and O–H groups in total. The highest BCUT2D eigenvalue weighted by molar-refractivity contribution is 5.94. The van der Waals surface area contributed by atoms with E-state index >= 15 is 0 Å². The fourth-order valence-corrected chi connectivity index (χ4v) is 3.74. The van der Waals surface area contributed by atoms with Crippen molar-refractivity contribution in [2.45, 2.75) is 25.8 Å². The second kappa shape index (κ2) is 7.46. The van der Waals surface area contributed by atoms with E-state index < -0.39 is 0 Å². The van der Waals surface area contributed by atoms with Gasteiger partial charge < -0.3 is 15.1 Å². The number of nitrogens with one attached hydrogen (secondary N) is 1. The highest BCUT2D eigenvalue weighted by Crippen LogP contribution is 2.22. The van der Waals surface area contributed by atoms with E-state index in [4.69, 9.17) is 0 Å². The van der Waals surface area contributed by atoms with Crippen molar-refractivity contribution in [3.63, 3.8) is 0 Å². The molecule has 1 aliphatic heterocycles. The lowest BCUT2D eigenvalue weighted by Gasteiger charge is -2.33. The van der Waals surface area contributed by atoms with Crippen molar-refractivity contribution in [2.24, 2.45) is 0 Å². The second-order valence-corrected chi connectivity index (χ2v) is 7.33. The van der Waals surface area contributed by atoms with Gasteiger partial charge in [-0.15, -0.1) is 0 Å². The standard InChI is InChI=1S/C21H26N4O/c1-24-9-11-25(12-10-24)20-8-5-16(14-22-20)15-23-21(26)19-7-6-17-3-2-4-18(17)13-19/h5-8,13-14H,2-4,9-12,15H2,1H3,(H,23,26). The maximum absolute atomic E-state index is 12.4. The van der Waals surface area contributed by atoms with E-state index in [2.05, 4.69) is 45.3 Å². The third kappa shape index (κ3) is 3.73. The average Bonchev–Trinajstić information content (AvgIpc) is 3.15. The third-order valence-electron chi connectivity index (χ3n) is 5.45. The van der Waals surface area contributed by atoms with Gasteiger partial charge in [0.1, 0.15) is 5.82 Å². The topological polar surface area (TPSA) is 48.5 Å². The number of fused-ring (bicyclic) bond motifs is 1. The van der Waals surface area contributed by atoms with Crippen LogP contribution in [-0.4, -0.2) is 49.0 Å². The lowest BCUT2D eigenvalue weighted by molar-refractivity contribution is 0.0951. The molecule has 0 atom stereocenters. The largest absolute Gasteiger partial charge is 0.354 e. The molecule has 1 saturated heterocycles. The molecule has 0 spiro atoms. The zero-order chi connectivity index (χ0) is 17.9. The number of piperazine rings is 1. The number of benzene rings is 1. The third-order valence-corrected chi connectivity index (χ3v) is 5.45. The maximum Gasteiger partial charge on any atom is 0.251 e. The lowest BCUT2D eigenvalue weighted by atomic mass is 10.1. The van der Waals surface area contributed by atoms with E-state index in [-0.39, 0.29) is 5.91 Å². The van der Waals surface area contributed by atoms with E-state index in [0.29, 0.717) is 6.54 Å². The number of likely N-dealkylation sites (N-methyl/N-ethyl adjacent to an activating group) is 1. The number of rotatable bonds is 4. The van der Waals surface area contributed by atoms with Crippen LogP contribution in [0.3, 0.4) is 0 Å². The van der Waals surface area contributed by atoms with Crippen LogP contribution in [0.5, 0.6) is 0 Å². The molecule has 2 aromatic rings. The first-order valence-corrected chi connectivity index (χ1v) is 9.47. The highest BCUT2D eigenvalue weighted by Gasteiger charge is 2.16. The van der Waals surface area contributed by atoms with Crippen LogP contribution in [0.15, 0.2) is 36.5 Å². The van der Waals surface area contributed by atoms with E-state index in [1.807, 2.05) is 18.3 Å². The van der Waals surface area contributed by atoms with Crippen molar-refractivity contribution < 1.29 is 4.79 Å². The average molecular weight is 350 g/mol. The Labute approximate surface area is 155 Å². The normalized spacial score (nSPS) is 17.2. The molecule has 1 aromatic heterocycles. The summed E-state index contributed by atoms with van der Waals surface area (Å²) in [5.74, 6) is 1.01. The zero-order valence-corrected chi connectivity index (χ0v) is 15.4. The van der Waals surface area contributed by atoms with Gasteiger partial charge in [-0.3, -0.25) is 4.79 Å². The number of hydrogen-bond acceptors (Lipinski definition) is 4. The summed E-state index contributed by atoms with van der Waals surface area (Å²) < 4.78 is 0. The van der Waals surface area contributed by atoms with Gasteiger partial charge in [-0.25, -0.2) is 4.98 Å². The van der Waals surface area contributed by atoms with E-state index in [1.54, 1.807) is 0 Å². The van der Waals surface area contributed by atoms with Crippen LogP contribution >= 0.6 is 0 Å². The monoisotopic (exact) mass is 350 g/mol. The molecule has 136 valence electrons. The molecule has 1 aliphatic carbocycles.